The van der Waals surface area contributed by atoms with E-state index in [-0.39, 0.29) is 12.8 Å². The molecule has 1 aliphatic carbocycles. The fourth-order valence-corrected chi connectivity index (χ4v) is 1.99. The van der Waals surface area contributed by atoms with Crippen LogP contribution in [-0.2, 0) is 0 Å². The van der Waals surface area contributed by atoms with Crippen LogP contribution in [0.5, 0.6) is 0 Å². The van der Waals surface area contributed by atoms with Crippen molar-refractivity contribution < 1.29 is 13.9 Å². The van der Waals surface area contributed by atoms with Crippen molar-refractivity contribution in [1.29, 1.82) is 0 Å². The zero-order chi connectivity index (χ0) is 9.24. The molecule has 0 saturated heterocycles. The first kappa shape index (κ1) is 10.4. The largest absolute Gasteiger partial charge is 0.383 e. The van der Waals surface area contributed by atoms with Crippen LogP contribution in [0.4, 0.5) is 8.78 Å². The fraction of sp³-hybridized carbons (Fsp3) is 1.00. The highest BCUT2D eigenvalue weighted by Gasteiger charge is 2.49. The van der Waals surface area contributed by atoms with E-state index in [1.165, 1.54) is 0 Å². The number of rotatable bonds is 1. The molecule has 72 valence electrons. The van der Waals surface area contributed by atoms with Crippen LogP contribution in [0.25, 0.3) is 0 Å². The average Bonchev–Trinajstić information content (AvgIpc) is 2.12. The van der Waals surface area contributed by atoms with E-state index in [2.05, 4.69) is 15.9 Å². The third kappa shape index (κ3) is 2.16. The van der Waals surface area contributed by atoms with Gasteiger partial charge >= 0.3 is 4.83 Å². The van der Waals surface area contributed by atoms with Gasteiger partial charge in [-0.1, -0.05) is 25.7 Å². The SMILES string of the molecule is OC1(C(F)(F)Br)CCCCCC1. The van der Waals surface area contributed by atoms with Gasteiger partial charge in [0, 0.05) is 0 Å². The maximum atomic E-state index is 12.8. The van der Waals surface area contributed by atoms with Crippen LogP contribution < -0.4 is 0 Å². The van der Waals surface area contributed by atoms with Crippen LogP contribution in [0.2, 0.25) is 0 Å². The van der Waals surface area contributed by atoms with E-state index in [0.717, 1.165) is 12.8 Å². The van der Waals surface area contributed by atoms with Gasteiger partial charge in [-0.2, -0.15) is 8.78 Å². The average molecular weight is 243 g/mol. The molecule has 0 bridgehead atoms. The third-order valence-corrected chi connectivity index (χ3v) is 3.20. The molecule has 0 aliphatic heterocycles. The minimum Gasteiger partial charge on any atom is -0.383 e. The number of halogens is 3. The summed E-state index contributed by atoms with van der Waals surface area (Å²) in [6, 6.07) is 0. The predicted octanol–water partition coefficient (Wildman–Crippen LogP) is 3.06. The monoisotopic (exact) mass is 242 g/mol. The Hall–Kier alpha value is 0.300. The molecular weight excluding hydrogens is 230 g/mol. The van der Waals surface area contributed by atoms with Gasteiger partial charge < -0.3 is 5.11 Å². The minimum atomic E-state index is -3.13. The van der Waals surface area contributed by atoms with E-state index in [4.69, 9.17) is 0 Å². The smallest absolute Gasteiger partial charge is 0.329 e. The Labute approximate surface area is 79.3 Å². The van der Waals surface area contributed by atoms with Gasteiger partial charge in [-0.25, -0.2) is 0 Å². The van der Waals surface area contributed by atoms with Gasteiger partial charge in [0.2, 0.25) is 0 Å². The van der Waals surface area contributed by atoms with Crippen molar-refractivity contribution >= 4 is 15.9 Å². The Balaban J connectivity index is 2.67. The van der Waals surface area contributed by atoms with E-state index >= 15 is 0 Å². The normalized spacial score (nSPS) is 25.0. The van der Waals surface area contributed by atoms with Crippen molar-refractivity contribution in [3.05, 3.63) is 0 Å². The number of alkyl halides is 3. The molecule has 0 radical (unpaired) electrons. The molecule has 0 aromatic carbocycles. The van der Waals surface area contributed by atoms with Crippen molar-refractivity contribution in [2.45, 2.75) is 49.0 Å². The fourth-order valence-electron chi connectivity index (χ4n) is 1.60. The lowest BCUT2D eigenvalue weighted by Gasteiger charge is -2.30. The molecule has 1 saturated carbocycles. The molecule has 0 spiro atoms. The standard InChI is InChI=1S/C8H13BrF2O/c9-8(10,11)7(12)5-3-1-2-4-6-7/h12H,1-6H2. The molecule has 0 heterocycles. The lowest BCUT2D eigenvalue weighted by Crippen LogP contribution is -2.43. The molecule has 0 unspecified atom stereocenters. The van der Waals surface area contributed by atoms with E-state index < -0.39 is 10.4 Å². The highest BCUT2D eigenvalue weighted by Crippen LogP contribution is 2.43. The van der Waals surface area contributed by atoms with Crippen molar-refractivity contribution in [3.63, 3.8) is 0 Å². The summed E-state index contributed by atoms with van der Waals surface area (Å²) in [7, 11) is 0. The molecule has 1 nitrogen and oxygen atoms in total. The van der Waals surface area contributed by atoms with Crippen molar-refractivity contribution in [3.8, 4) is 0 Å². The summed E-state index contributed by atoms with van der Waals surface area (Å²) in [5.41, 5.74) is -1.82. The molecule has 0 aromatic heterocycles. The van der Waals surface area contributed by atoms with Crippen LogP contribution in [0.3, 0.4) is 0 Å². The summed E-state index contributed by atoms with van der Waals surface area (Å²) >= 11 is 2.25. The van der Waals surface area contributed by atoms with E-state index in [1.54, 1.807) is 0 Å². The second-order valence-electron chi connectivity index (χ2n) is 3.44. The van der Waals surface area contributed by atoms with Gasteiger partial charge in [-0.05, 0) is 28.8 Å². The lowest BCUT2D eigenvalue weighted by atomic mass is 9.95. The molecule has 0 aromatic rings. The molecule has 1 rings (SSSR count). The molecule has 0 atom stereocenters. The van der Waals surface area contributed by atoms with Crippen LogP contribution in [0.1, 0.15) is 38.5 Å². The summed E-state index contributed by atoms with van der Waals surface area (Å²) in [4.78, 5) is -3.13. The quantitative estimate of drug-likeness (QED) is 0.554. The van der Waals surface area contributed by atoms with Crippen LogP contribution >= 0.6 is 15.9 Å². The van der Waals surface area contributed by atoms with Crippen LogP contribution in [0.15, 0.2) is 0 Å². The van der Waals surface area contributed by atoms with Gasteiger partial charge in [0.05, 0.1) is 0 Å². The van der Waals surface area contributed by atoms with Crippen LogP contribution in [0, 0.1) is 0 Å². The maximum Gasteiger partial charge on any atom is 0.329 e. The van der Waals surface area contributed by atoms with Gasteiger partial charge in [0.15, 0.2) is 0 Å². The highest BCUT2D eigenvalue weighted by atomic mass is 79.9. The Morgan fingerprint density at radius 2 is 1.50 bits per heavy atom. The number of hydrogen-bond donors (Lipinski definition) is 1. The second-order valence-corrected chi connectivity index (χ2v) is 4.44. The van der Waals surface area contributed by atoms with Gasteiger partial charge in [-0.3, -0.25) is 0 Å². The molecule has 1 aliphatic rings. The molecule has 0 amide bonds. The summed E-state index contributed by atoms with van der Waals surface area (Å²) < 4.78 is 25.7. The van der Waals surface area contributed by atoms with Gasteiger partial charge in [-0.15, -0.1) is 0 Å². The predicted molar refractivity (Wildman–Crippen MR) is 46.5 cm³/mol. The Kier molecular flexibility index (Phi) is 3.10. The number of hydrogen-bond acceptors (Lipinski definition) is 1. The summed E-state index contributed by atoms with van der Waals surface area (Å²) in [6.45, 7) is 0. The second kappa shape index (κ2) is 3.58. The van der Waals surface area contributed by atoms with E-state index in [9.17, 15) is 13.9 Å². The van der Waals surface area contributed by atoms with Crippen molar-refractivity contribution in [2.24, 2.45) is 0 Å². The Morgan fingerprint density at radius 3 is 1.83 bits per heavy atom. The zero-order valence-corrected chi connectivity index (χ0v) is 8.41. The first-order valence-corrected chi connectivity index (χ1v) is 5.04. The van der Waals surface area contributed by atoms with Crippen molar-refractivity contribution in [1.82, 2.24) is 0 Å². The number of aliphatic hydroxyl groups is 1. The lowest BCUT2D eigenvalue weighted by molar-refractivity contribution is -0.123. The molecule has 4 heteroatoms. The summed E-state index contributed by atoms with van der Waals surface area (Å²) in [5, 5.41) is 9.59. The highest BCUT2D eigenvalue weighted by molar-refractivity contribution is 9.10. The van der Waals surface area contributed by atoms with Gasteiger partial charge in [0.25, 0.3) is 0 Å². The topological polar surface area (TPSA) is 20.2 Å². The molecule has 12 heavy (non-hydrogen) atoms. The minimum absolute atomic E-state index is 0.200. The molecular formula is C8H13BrF2O. The third-order valence-electron chi connectivity index (χ3n) is 2.46. The zero-order valence-electron chi connectivity index (χ0n) is 6.82. The maximum absolute atomic E-state index is 12.8. The Bertz CT molecular complexity index is 148. The summed E-state index contributed by atoms with van der Waals surface area (Å²) in [5.74, 6) is 0. The Morgan fingerprint density at radius 1 is 1.08 bits per heavy atom. The van der Waals surface area contributed by atoms with Gasteiger partial charge in [0.1, 0.15) is 5.60 Å². The first-order chi connectivity index (χ1) is 5.46. The van der Waals surface area contributed by atoms with E-state index in [0.29, 0.717) is 12.8 Å². The van der Waals surface area contributed by atoms with E-state index in [1.807, 2.05) is 0 Å². The molecule has 1 fully saturated rings. The molecule has 1 N–H and O–H groups in total. The van der Waals surface area contributed by atoms with Crippen LogP contribution in [-0.4, -0.2) is 15.5 Å². The summed E-state index contributed by atoms with van der Waals surface area (Å²) in [6.07, 6.45) is 3.68. The first-order valence-electron chi connectivity index (χ1n) is 4.25. The van der Waals surface area contributed by atoms with Crippen molar-refractivity contribution in [2.75, 3.05) is 0 Å².